The lowest BCUT2D eigenvalue weighted by atomic mass is 9.95. The Morgan fingerprint density at radius 1 is 0.920 bits per heavy atom. The number of methoxy groups -OCH3 is 2. The average molecular weight is 684 g/mol. The zero-order valence-electron chi connectivity index (χ0n) is 29.4. The molecule has 2 aliphatic rings. The summed E-state index contributed by atoms with van der Waals surface area (Å²) < 4.78 is 10.9. The van der Waals surface area contributed by atoms with Crippen molar-refractivity contribution in [2.24, 2.45) is 5.92 Å². The van der Waals surface area contributed by atoms with Gasteiger partial charge in [0, 0.05) is 37.7 Å². The van der Waals surface area contributed by atoms with Crippen molar-refractivity contribution >= 4 is 23.6 Å². The van der Waals surface area contributed by atoms with Crippen molar-refractivity contribution < 1.29 is 28.7 Å². The molecule has 5 rings (SSSR count). The van der Waals surface area contributed by atoms with E-state index in [1.807, 2.05) is 62.4 Å². The fraction of sp³-hybridized carbons (Fsp3) is 0.436. The van der Waals surface area contributed by atoms with Crippen molar-refractivity contribution in [2.75, 3.05) is 33.9 Å². The summed E-state index contributed by atoms with van der Waals surface area (Å²) in [4.78, 5) is 57.0. The fourth-order valence-corrected chi connectivity index (χ4v) is 6.70. The van der Waals surface area contributed by atoms with Crippen LogP contribution in [0.2, 0.25) is 0 Å². The molecule has 11 nitrogen and oxygen atoms in total. The van der Waals surface area contributed by atoms with E-state index < -0.39 is 18.1 Å². The maximum Gasteiger partial charge on any atom is 0.251 e. The Bertz CT molecular complexity index is 1660. The van der Waals surface area contributed by atoms with E-state index in [9.17, 15) is 19.2 Å². The lowest BCUT2D eigenvalue weighted by molar-refractivity contribution is -0.138. The number of benzene rings is 3. The summed E-state index contributed by atoms with van der Waals surface area (Å²) in [5, 5.41) is 12.5. The Hall–Kier alpha value is -4.90. The summed E-state index contributed by atoms with van der Waals surface area (Å²) in [6.45, 7) is 5.02. The van der Waals surface area contributed by atoms with Gasteiger partial charge in [-0.3, -0.25) is 19.2 Å². The van der Waals surface area contributed by atoms with E-state index in [-0.39, 0.29) is 49.1 Å². The van der Waals surface area contributed by atoms with Gasteiger partial charge in [-0.25, -0.2) is 0 Å². The number of nitrogens with zero attached hydrogens (tertiary/aromatic N) is 1. The minimum absolute atomic E-state index is 0.136. The molecule has 2 bridgehead atoms. The van der Waals surface area contributed by atoms with Crippen molar-refractivity contribution in [3.05, 3.63) is 94.5 Å². The van der Waals surface area contributed by atoms with Gasteiger partial charge in [0.15, 0.2) is 0 Å². The normalized spacial score (nSPS) is 20.5. The smallest absolute Gasteiger partial charge is 0.251 e. The number of aryl methyl sites for hydroxylation is 1. The molecule has 50 heavy (non-hydrogen) atoms. The molecule has 3 aromatic rings. The largest absolute Gasteiger partial charge is 0.497 e. The van der Waals surface area contributed by atoms with Crippen LogP contribution in [-0.2, 0) is 40.2 Å². The van der Waals surface area contributed by atoms with Gasteiger partial charge >= 0.3 is 0 Å². The van der Waals surface area contributed by atoms with Gasteiger partial charge in [-0.1, -0.05) is 50.2 Å². The molecule has 2 heterocycles. The van der Waals surface area contributed by atoms with Crippen molar-refractivity contribution in [2.45, 2.75) is 70.6 Å². The van der Waals surface area contributed by atoms with E-state index in [4.69, 9.17) is 9.47 Å². The Morgan fingerprint density at radius 3 is 2.40 bits per heavy atom. The third kappa shape index (κ3) is 9.62. The maximum absolute atomic E-state index is 14.2. The molecule has 2 aliphatic heterocycles. The molecule has 3 atom stereocenters. The molecule has 0 radical (unpaired) electrons. The van der Waals surface area contributed by atoms with E-state index in [2.05, 4.69) is 21.3 Å². The van der Waals surface area contributed by atoms with E-state index in [0.29, 0.717) is 55.8 Å². The second-order valence-corrected chi connectivity index (χ2v) is 13.5. The van der Waals surface area contributed by atoms with Crippen LogP contribution in [0.3, 0.4) is 0 Å². The molecular formula is C39H49N5O6. The SMILES string of the molecule is COc1ccc(C[C@@H]2NC(=O)c3ccc(OC)c(c3)CCCNC(=O)CN(C(=O)[C@H]3Cc4ccccc4CN3)CC(CC(C)C)NC2=O)cc1. The monoisotopic (exact) mass is 683 g/mol. The first-order valence-electron chi connectivity index (χ1n) is 17.4. The van der Waals surface area contributed by atoms with E-state index in [0.717, 1.165) is 22.3 Å². The molecule has 4 N–H and O–H groups in total. The number of hydrogen-bond donors (Lipinski definition) is 4. The molecule has 0 saturated carbocycles. The molecule has 0 saturated heterocycles. The van der Waals surface area contributed by atoms with Crippen molar-refractivity contribution in [3.63, 3.8) is 0 Å². The molecule has 0 aromatic heterocycles. The summed E-state index contributed by atoms with van der Waals surface area (Å²) in [7, 11) is 3.16. The Labute approximate surface area is 294 Å². The predicted molar refractivity (Wildman–Crippen MR) is 191 cm³/mol. The molecular weight excluding hydrogens is 634 g/mol. The summed E-state index contributed by atoms with van der Waals surface area (Å²) in [5.41, 5.74) is 4.30. The Morgan fingerprint density at radius 2 is 1.68 bits per heavy atom. The van der Waals surface area contributed by atoms with Gasteiger partial charge in [-0.05, 0) is 84.2 Å². The molecule has 3 aromatic carbocycles. The summed E-state index contributed by atoms with van der Waals surface area (Å²) in [5.74, 6) is 0.257. The van der Waals surface area contributed by atoms with Crippen LogP contribution in [0.4, 0.5) is 0 Å². The van der Waals surface area contributed by atoms with Crippen LogP contribution in [0.25, 0.3) is 0 Å². The number of carbonyl (C=O) groups is 4. The summed E-state index contributed by atoms with van der Waals surface area (Å²) in [6, 6.07) is 18.7. The van der Waals surface area contributed by atoms with E-state index in [1.54, 1.807) is 37.3 Å². The van der Waals surface area contributed by atoms with Crippen molar-refractivity contribution in [3.8, 4) is 11.5 Å². The lowest BCUT2D eigenvalue weighted by Gasteiger charge is -2.34. The standard InChI is InChI=1S/C39H49N5O6/c1-25(2)18-31-23-44(39(48)34-21-27-8-5-6-9-30(27)22-41-34)24-36(45)40-17-7-10-28-20-29(13-16-35(28)50-4)37(46)43-33(38(47)42-31)19-26-11-14-32(49-3)15-12-26/h5-6,8-9,11-16,20,25,31,33-34,41H,7,10,17-19,21-24H2,1-4H3,(H,40,45)(H,42,47)(H,43,46)/t31?,33-,34+/m0/s1. The fourth-order valence-electron chi connectivity index (χ4n) is 6.70. The van der Waals surface area contributed by atoms with Crippen LogP contribution in [0.15, 0.2) is 66.7 Å². The average Bonchev–Trinajstić information content (AvgIpc) is 3.11. The van der Waals surface area contributed by atoms with Gasteiger partial charge in [0.05, 0.1) is 26.8 Å². The first-order valence-corrected chi connectivity index (χ1v) is 17.4. The van der Waals surface area contributed by atoms with Gasteiger partial charge in [0.1, 0.15) is 17.5 Å². The number of rotatable bonds is 7. The first kappa shape index (κ1) is 36.4. The van der Waals surface area contributed by atoms with Gasteiger partial charge in [0.2, 0.25) is 17.7 Å². The third-order valence-electron chi connectivity index (χ3n) is 9.28. The molecule has 266 valence electrons. The summed E-state index contributed by atoms with van der Waals surface area (Å²) in [6.07, 6.45) is 2.44. The van der Waals surface area contributed by atoms with Crippen LogP contribution >= 0.6 is 0 Å². The number of amides is 4. The van der Waals surface area contributed by atoms with Crippen molar-refractivity contribution in [1.82, 2.24) is 26.2 Å². The Kier molecular flexibility index (Phi) is 12.5. The first-order chi connectivity index (χ1) is 24.1. The van der Waals surface area contributed by atoms with E-state index in [1.165, 1.54) is 0 Å². The number of nitrogens with one attached hydrogen (secondary N) is 4. The zero-order valence-corrected chi connectivity index (χ0v) is 29.4. The lowest BCUT2D eigenvalue weighted by Crippen LogP contribution is -2.57. The van der Waals surface area contributed by atoms with Gasteiger partial charge in [-0.15, -0.1) is 0 Å². The number of carbonyl (C=O) groups excluding carboxylic acids is 4. The van der Waals surface area contributed by atoms with Crippen LogP contribution in [-0.4, -0.2) is 80.5 Å². The highest BCUT2D eigenvalue weighted by Crippen LogP contribution is 2.23. The zero-order chi connectivity index (χ0) is 35.6. The predicted octanol–water partition coefficient (Wildman–Crippen LogP) is 3.18. The number of fused-ring (bicyclic) bond motifs is 3. The molecule has 11 heteroatoms. The minimum Gasteiger partial charge on any atom is -0.497 e. The molecule has 0 fully saturated rings. The maximum atomic E-state index is 14.2. The second kappa shape index (κ2) is 17.2. The van der Waals surface area contributed by atoms with Gasteiger partial charge in [0.25, 0.3) is 5.91 Å². The molecule has 1 unspecified atom stereocenters. The van der Waals surface area contributed by atoms with Crippen molar-refractivity contribution in [1.29, 1.82) is 0 Å². The molecule has 0 aliphatic carbocycles. The highest BCUT2D eigenvalue weighted by molar-refractivity contribution is 5.98. The molecule has 0 spiro atoms. The van der Waals surface area contributed by atoms with E-state index >= 15 is 0 Å². The van der Waals surface area contributed by atoms with Crippen LogP contribution in [0.1, 0.15) is 59.3 Å². The summed E-state index contributed by atoms with van der Waals surface area (Å²) >= 11 is 0. The minimum atomic E-state index is -0.921. The number of hydrogen-bond acceptors (Lipinski definition) is 7. The topological polar surface area (TPSA) is 138 Å². The highest BCUT2D eigenvalue weighted by Gasteiger charge is 2.32. The van der Waals surface area contributed by atoms with Crippen LogP contribution < -0.4 is 30.7 Å². The van der Waals surface area contributed by atoms with Gasteiger partial charge < -0.3 is 35.6 Å². The number of ether oxygens (including phenoxy) is 2. The highest BCUT2D eigenvalue weighted by atomic mass is 16.5. The quantitative estimate of drug-likeness (QED) is 0.300. The Balaban J connectivity index is 1.46. The third-order valence-corrected chi connectivity index (χ3v) is 9.28. The second-order valence-electron chi connectivity index (χ2n) is 13.5. The van der Waals surface area contributed by atoms with Crippen LogP contribution in [0.5, 0.6) is 11.5 Å². The molecule has 4 amide bonds. The van der Waals surface area contributed by atoms with Crippen LogP contribution in [0, 0.1) is 5.92 Å². The van der Waals surface area contributed by atoms with Gasteiger partial charge in [-0.2, -0.15) is 0 Å².